The summed E-state index contributed by atoms with van der Waals surface area (Å²) in [4.78, 5) is 0. The van der Waals surface area contributed by atoms with Gasteiger partial charge in [-0.3, -0.25) is 0 Å². The van der Waals surface area contributed by atoms with Crippen LogP contribution in [0.2, 0.25) is 0 Å². The maximum atomic E-state index is 3.36. The first-order chi connectivity index (χ1) is 6.33. The molecule has 1 aromatic rings. The number of aromatic nitrogens is 1. The number of nitrogens with zero attached hydrogens (tertiary/aromatic N) is 1. The molecular weight excluding hydrogens is 160 g/mol. The highest BCUT2D eigenvalue weighted by Crippen LogP contribution is 2.09. The monoisotopic (exact) mass is 180 g/mol. The van der Waals surface area contributed by atoms with Crippen molar-refractivity contribution in [1.29, 1.82) is 0 Å². The van der Waals surface area contributed by atoms with E-state index in [-0.39, 0.29) is 0 Å². The molecule has 1 aromatic heterocycles. The molecule has 0 saturated heterocycles. The first-order valence-corrected chi connectivity index (χ1v) is 5.21. The van der Waals surface area contributed by atoms with Crippen molar-refractivity contribution >= 4 is 0 Å². The fourth-order valence-electron chi connectivity index (χ4n) is 1.68. The van der Waals surface area contributed by atoms with Crippen LogP contribution in [0.4, 0.5) is 0 Å². The van der Waals surface area contributed by atoms with Gasteiger partial charge in [-0.25, -0.2) is 0 Å². The van der Waals surface area contributed by atoms with Crippen LogP contribution in [-0.2, 0) is 19.5 Å². The summed E-state index contributed by atoms with van der Waals surface area (Å²) < 4.78 is 2.39. The van der Waals surface area contributed by atoms with Crippen molar-refractivity contribution in [2.45, 2.75) is 40.3 Å². The summed E-state index contributed by atoms with van der Waals surface area (Å²) in [5.41, 5.74) is 2.84. The van der Waals surface area contributed by atoms with Gasteiger partial charge in [0.15, 0.2) is 0 Å². The highest BCUT2D eigenvalue weighted by Gasteiger charge is 2.03. The zero-order chi connectivity index (χ0) is 9.68. The van der Waals surface area contributed by atoms with Crippen molar-refractivity contribution in [3.8, 4) is 0 Å². The number of hydrogen-bond donors (Lipinski definition) is 1. The summed E-state index contributed by atoms with van der Waals surface area (Å²) in [6.07, 6.45) is 1.12. The molecule has 0 atom stereocenters. The number of aryl methyl sites for hydroxylation is 1. The van der Waals surface area contributed by atoms with E-state index in [2.05, 4.69) is 42.8 Å². The van der Waals surface area contributed by atoms with E-state index in [9.17, 15) is 0 Å². The molecule has 0 aliphatic heterocycles. The van der Waals surface area contributed by atoms with Gasteiger partial charge in [0.2, 0.25) is 0 Å². The first kappa shape index (κ1) is 10.3. The van der Waals surface area contributed by atoms with Gasteiger partial charge in [-0.1, -0.05) is 13.8 Å². The molecule has 0 fully saturated rings. The molecule has 0 amide bonds. The third-order valence-electron chi connectivity index (χ3n) is 2.40. The van der Waals surface area contributed by atoms with Crippen LogP contribution < -0.4 is 5.32 Å². The van der Waals surface area contributed by atoms with Crippen molar-refractivity contribution in [3.63, 3.8) is 0 Å². The number of hydrogen-bond acceptors (Lipinski definition) is 1. The second-order valence-corrected chi connectivity index (χ2v) is 3.19. The molecule has 0 saturated carbocycles. The molecule has 2 nitrogen and oxygen atoms in total. The highest BCUT2D eigenvalue weighted by atomic mass is 15.0. The molecular formula is C11H20N2. The van der Waals surface area contributed by atoms with Crippen molar-refractivity contribution < 1.29 is 0 Å². The molecule has 74 valence electrons. The lowest BCUT2D eigenvalue weighted by molar-refractivity contribution is 0.628. The van der Waals surface area contributed by atoms with Crippen LogP contribution in [0.1, 0.15) is 32.2 Å². The van der Waals surface area contributed by atoms with Crippen molar-refractivity contribution in [3.05, 3.63) is 23.5 Å². The molecule has 13 heavy (non-hydrogen) atoms. The summed E-state index contributed by atoms with van der Waals surface area (Å²) in [7, 11) is 0. The van der Waals surface area contributed by atoms with Gasteiger partial charge in [0.25, 0.3) is 0 Å². The van der Waals surface area contributed by atoms with Crippen molar-refractivity contribution in [2.24, 2.45) is 0 Å². The number of nitrogens with one attached hydrogen (secondary N) is 1. The maximum absolute atomic E-state index is 3.36. The molecule has 0 aliphatic rings. The fourth-order valence-corrected chi connectivity index (χ4v) is 1.68. The van der Waals surface area contributed by atoms with Crippen LogP contribution in [0.3, 0.4) is 0 Å². The van der Waals surface area contributed by atoms with Crippen molar-refractivity contribution in [2.75, 3.05) is 6.54 Å². The quantitative estimate of drug-likeness (QED) is 0.735. The summed E-state index contributed by atoms with van der Waals surface area (Å²) in [6, 6.07) is 4.46. The Bertz CT molecular complexity index is 251. The highest BCUT2D eigenvalue weighted by molar-refractivity contribution is 5.16. The van der Waals surface area contributed by atoms with Crippen molar-refractivity contribution in [1.82, 2.24) is 9.88 Å². The van der Waals surface area contributed by atoms with Gasteiger partial charge in [-0.2, -0.15) is 0 Å². The smallest absolute Gasteiger partial charge is 0.0359 e. The van der Waals surface area contributed by atoms with Crippen LogP contribution in [0.5, 0.6) is 0 Å². The van der Waals surface area contributed by atoms with E-state index in [1.54, 1.807) is 0 Å². The molecule has 0 spiro atoms. The molecule has 1 rings (SSSR count). The van der Waals surface area contributed by atoms with E-state index in [1.807, 2.05) is 0 Å². The van der Waals surface area contributed by atoms with Gasteiger partial charge in [0.1, 0.15) is 0 Å². The Kier molecular flexibility index (Phi) is 4.03. The van der Waals surface area contributed by atoms with Gasteiger partial charge in [0, 0.05) is 24.5 Å². The molecule has 0 aliphatic carbocycles. The lowest BCUT2D eigenvalue weighted by Crippen LogP contribution is -2.15. The summed E-state index contributed by atoms with van der Waals surface area (Å²) in [5, 5.41) is 3.36. The first-order valence-electron chi connectivity index (χ1n) is 5.21. The molecule has 2 heteroatoms. The van der Waals surface area contributed by atoms with E-state index in [1.165, 1.54) is 11.4 Å². The fraction of sp³-hybridized carbons (Fsp3) is 0.636. The lowest BCUT2D eigenvalue weighted by atomic mass is 10.3. The Labute approximate surface area is 81.0 Å². The van der Waals surface area contributed by atoms with E-state index in [4.69, 9.17) is 0 Å². The van der Waals surface area contributed by atoms with E-state index >= 15 is 0 Å². The van der Waals surface area contributed by atoms with Gasteiger partial charge in [0.05, 0.1) is 0 Å². The van der Waals surface area contributed by atoms with Gasteiger partial charge >= 0.3 is 0 Å². The third-order valence-corrected chi connectivity index (χ3v) is 2.40. The van der Waals surface area contributed by atoms with Gasteiger partial charge < -0.3 is 9.88 Å². The summed E-state index contributed by atoms with van der Waals surface area (Å²) in [6.45, 7) is 9.66. The van der Waals surface area contributed by atoms with E-state index in [0.29, 0.717) is 0 Å². The predicted molar refractivity (Wildman–Crippen MR) is 56.9 cm³/mol. The summed E-state index contributed by atoms with van der Waals surface area (Å²) in [5.74, 6) is 0. The Morgan fingerprint density at radius 3 is 2.38 bits per heavy atom. The Morgan fingerprint density at radius 2 is 1.85 bits per heavy atom. The molecule has 0 bridgehead atoms. The maximum Gasteiger partial charge on any atom is 0.0359 e. The predicted octanol–water partition coefficient (Wildman–Crippen LogP) is 2.18. The van der Waals surface area contributed by atoms with Crippen LogP contribution in [0.25, 0.3) is 0 Å². The second-order valence-electron chi connectivity index (χ2n) is 3.19. The standard InChI is InChI=1S/C11H20N2/c1-4-10-7-8-11(9-12-5-2)13(10)6-3/h7-8,12H,4-6,9H2,1-3H3. The lowest BCUT2D eigenvalue weighted by Gasteiger charge is -2.10. The minimum Gasteiger partial charge on any atom is -0.348 e. The Balaban J connectivity index is 2.75. The molecule has 1 heterocycles. The van der Waals surface area contributed by atoms with E-state index < -0.39 is 0 Å². The Morgan fingerprint density at radius 1 is 1.15 bits per heavy atom. The second kappa shape index (κ2) is 5.07. The molecule has 0 unspecified atom stereocenters. The molecule has 0 radical (unpaired) electrons. The SMILES string of the molecule is CCNCc1ccc(CC)n1CC. The minimum absolute atomic E-state index is 0.990. The normalized spacial score (nSPS) is 10.7. The Hall–Kier alpha value is -0.760. The summed E-state index contributed by atoms with van der Waals surface area (Å²) >= 11 is 0. The van der Waals surface area contributed by atoms with E-state index in [0.717, 1.165) is 26.1 Å². The van der Waals surface area contributed by atoms with Crippen LogP contribution in [0.15, 0.2) is 12.1 Å². The zero-order valence-electron chi connectivity index (χ0n) is 8.93. The average molecular weight is 180 g/mol. The van der Waals surface area contributed by atoms with Gasteiger partial charge in [-0.05, 0) is 32.0 Å². The van der Waals surface area contributed by atoms with Crippen LogP contribution in [-0.4, -0.2) is 11.1 Å². The zero-order valence-corrected chi connectivity index (χ0v) is 8.93. The largest absolute Gasteiger partial charge is 0.348 e. The van der Waals surface area contributed by atoms with Gasteiger partial charge in [-0.15, -0.1) is 0 Å². The van der Waals surface area contributed by atoms with Crippen LogP contribution >= 0.6 is 0 Å². The molecule has 1 N–H and O–H groups in total. The average Bonchev–Trinajstić information content (AvgIpc) is 2.56. The van der Waals surface area contributed by atoms with Crippen LogP contribution in [0, 0.1) is 0 Å². The number of rotatable bonds is 5. The molecule has 0 aromatic carbocycles. The third kappa shape index (κ3) is 2.34. The minimum atomic E-state index is 0.990. The topological polar surface area (TPSA) is 17.0 Å².